The van der Waals surface area contributed by atoms with Gasteiger partial charge in [-0.2, -0.15) is 0 Å². The van der Waals surface area contributed by atoms with Crippen molar-refractivity contribution in [2.75, 3.05) is 6.61 Å². The van der Waals surface area contributed by atoms with Crippen molar-refractivity contribution in [1.82, 2.24) is 5.32 Å². The summed E-state index contributed by atoms with van der Waals surface area (Å²) in [5.74, 6) is -0.544. The number of allylic oxidation sites excluding steroid dienone is 12. The van der Waals surface area contributed by atoms with E-state index in [1.54, 1.807) is 0 Å². The van der Waals surface area contributed by atoms with Crippen molar-refractivity contribution in [3.8, 4) is 0 Å². The second-order valence-corrected chi connectivity index (χ2v) is 18.4. The van der Waals surface area contributed by atoms with Crippen LogP contribution >= 0.6 is 0 Å². The second kappa shape index (κ2) is 51.3. The van der Waals surface area contributed by atoms with Crippen LogP contribution in [0.4, 0.5) is 0 Å². The van der Waals surface area contributed by atoms with E-state index < -0.39 is 18.2 Å². The fraction of sp³-hybridized carbons (Fsp3) is 0.759. The molecule has 370 valence electrons. The van der Waals surface area contributed by atoms with E-state index in [0.717, 1.165) is 57.8 Å². The Morgan fingerprint density at radius 3 is 1.25 bits per heavy atom. The average molecular weight is 894 g/mol. The van der Waals surface area contributed by atoms with Gasteiger partial charge in [0.05, 0.1) is 25.2 Å². The summed E-state index contributed by atoms with van der Waals surface area (Å²) in [6, 6.07) is -0.727. The summed E-state index contributed by atoms with van der Waals surface area (Å²) in [6.07, 6.45) is 65.5. The molecule has 0 spiro atoms. The number of nitrogens with one attached hydrogen (secondary N) is 1. The first-order valence-corrected chi connectivity index (χ1v) is 27.2. The minimum absolute atomic E-state index is 0.0264. The van der Waals surface area contributed by atoms with Crippen molar-refractivity contribution in [2.24, 2.45) is 0 Å². The van der Waals surface area contributed by atoms with Gasteiger partial charge in [-0.25, -0.2) is 0 Å². The first-order chi connectivity index (χ1) is 31.5. The van der Waals surface area contributed by atoms with Crippen LogP contribution in [0.15, 0.2) is 72.9 Å². The standard InChI is InChI=1S/C58H103NO5/c1-4-7-10-13-16-19-22-24-26-27-28-29-31-33-36-39-42-45-48-51-58(63)64-54(49-46-43-40-37-35-32-30-25-23-20-17-14-11-8-5-2)52-57(62)59-55(53-60)56(61)50-47-44-41-38-34-21-18-15-12-9-6-3/h8,11,14,17,20,23,25,30,32,35,37,40,54-56,60-61H,4-7,9-10,12-13,15-16,18-19,21-22,24,26-29,31,33-34,36,38-39,41-53H2,1-3H3,(H,59,62)/b11-8-,17-14+,23-20+,30-25-,35-32+,40-37+. The van der Waals surface area contributed by atoms with E-state index in [4.69, 9.17) is 4.74 Å². The Hall–Kier alpha value is -2.70. The van der Waals surface area contributed by atoms with Gasteiger partial charge in [-0.3, -0.25) is 9.59 Å². The van der Waals surface area contributed by atoms with Crippen molar-refractivity contribution in [3.63, 3.8) is 0 Å². The van der Waals surface area contributed by atoms with E-state index >= 15 is 0 Å². The molecular weight excluding hydrogens is 791 g/mol. The molecule has 0 rings (SSSR count). The molecule has 0 aliphatic carbocycles. The summed E-state index contributed by atoms with van der Waals surface area (Å²) in [4.78, 5) is 26.2. The number of ether oxygens (including phenoxy) is 1. The van der Waals surface area contributed by atoms with E-state index in [2.05, 4.69) is 38.2 Å². The summed E-state index contributed by atoms with van der Waals surface area (Å²) in [6.45, 7) is 6.32. The lowest BCUT2D eigenvalue weighted by Gasteiger charge is -2.24. The molecule has 6 nitrogen and oxygen atoms in total. The molecule has 0 aromatic heterocycles. The van der Waals surface area contributed by atoms with Crippen LogP contribution in [0, 0.1) is 0 Å². The molecule has 0 aliphatic rings. The maximum absolute atomic E-state index is 13.2. The van der Waals surface area contributed by atoms with Gasteiger partial charge in [0.1, 0.15) is 6.10 Å². The lowest BCUT2D eigenvalue weighted by molar-refractivity contribution is -0.151. The van der Waals surface area contributed by atoms with Gasteiger partial charge in [0.15, 0.2) is 0 Å². The number of amides is 1. The SMILES string of the molecule is CC\C=C/C=C/C=C/C=C\C=C\C=C\CCCC(CC(=O)NC(CO)C(O)CCCCCCCCCCCCC)OC(=O)CCCCCCCCCCCCCCCCCCCCC. The van der Waals surface area contributed by atoms with Gasteiger partial charge in [-0.05, 0) is 38.5 Å². The molecule has 3 N–H and O–H groups in total. The third-order valence-electron chi connectivity index (χ3n) is 12.2. The van der Waals surface area contributed by atoms with Gasteiger partial charge in [0.2, 0.25) is 5.91 Å². The van der Waals surface area contributed by atoms with E-state index in [-0.39, 0.29) is 24.9 Å². The molecule has 0 saturated heterocycles. The van der Waals surface area contributed by atoms with E-state index in [1.807, 2.05) is 60.8 Å². The summed E-state index contributed by atoms with van der Waals surface area (Å²) < 4.78 is 5.91. The fourth-order valence-electron chi connectivity index (χ4n) is 8.12. The lowest BCUT2D eigenvalue weighted by Crippen LogP contribution is -2.46. The molecule has 0 aromatic carbocycles. The molecule has 0 radical (unpaired) electrons. The molecule has 6 heteroatoms. The fourth-order valence-corrected chi connectivity index (χ4v) is 8.12. The highest BCUT2D eigenvalue weighted by Crippen LogP contribution is 2.18. The Morgan fingerprint density at radius 2 is 0.844 bits per heavy atom. The minimum Gasteiger partial charge on any atom is -0.462 e. The summed E-state index contributed by atoms with van der Waals surface area (Å²) >= 11 is 0. The summed E-state index contributed by atoms with van der Waals surface area (Å²) in [7, 11) is 0. The zero-order chi connectivity index (χ0) is 46.7. The van der Waals surface area contributed by atoms with Gasteiger partial charge < -0.3 is 20.3 Å². The van der Waals surface area contributed by atoms with Crippen molar-refractivity contribution in [1.29, 1.82) is 0 Å². The number of rotatable bonds is 48. The number of carbonyl (C=O) groups is 2. The van der Waals surface area contributed by atoms with Crippen LogP contribution in [-0.2, 0) is 14.3 Å². The number of aliphatic hydroxyl groups excluding tert-OH is 2. The van der Waals surface area contributed by atoms with Crippen LogP contribution < -0.4 is 5.32 Å². The van der Waals surface area contributed by atoms with Gasteiger partial charge in [0.25, 0.3) is 0 Å². The number of hydrogen-bond donors (Lipinski definition) is 3. The van der Waals surface area contributed by atoms with Crippen molar-refractivity contribution in [3.05, 3.63) is 72.9 Å². The monoisotopic (exact) mass is 894 g/mol. The van der Waals surface area contributed by atoms with Gasteiger partial charge in [-0.1, -0.05) is 280 Å². The van der Waals surface area contributed by atoms with Crippen molar-refractivity contribution in [2.45, 2.75) is 277 Å². The maximum Gasteiger partial charge on any atom is 0.306 e. The van der Waals surface area contributed by atoms with Gasteiger partial charge >= 0.3 is 5.97 Å². The molecule has 1 amide bonds. The Balaban J connectivity index is 4.64. The van der Waals surface area contributed by atoms with Crippen LogP contribution in [-0.4, -0.2) is 46.9 Å². The smallest absolute Gasteiger partial charge is 0.306 e. The molecule has 0 aliphatic heterocycles. The number of aliphatic hydroxyl groups is 2. The Bertz CT molecular complexity index is 1190. The summed E-state index contributed by atoms with van der Waals surface area (Å²) in [5.41, 5.74) is 0. The van der Waals surface area contributed by atoms with Crippen molar-refractivity contribution < 1.29 is 24.5 Å². The Morgan fingerprint density at radius 1 is 0.469 bits per heavy atom. The zero-order valence-corrected chi connectivity index (χ0v) is 42.1. The second-order valence-electron chi connectivity index (χ2n) is 18.4. The molecule has 3 unspecified atom stereocenters. The molecule has 0 saturated carbocycles. The number of carbonyl (C=O) groups excluding carboxylic acids is 2. The van der Waals surface area contributed by atoms with Crippen molar-refractivity contribution >= 4 is 11.9 Å². The van der Waals surface area contributed by atoms with Crippen LogP contribution in [0.5, 0.6) is 0 Å². The molecule has 64 heavy (non-hydrogen) atoms. The van der Waals surface area contributed by atoms with Crippen LogP contribution in [0.3, 0.4) is 0 Å². The highest BCUT2D eigenvalue weighted by Gasteiger charge is 2.24. The quantitative estimate of drug-likeness (QED) is 0.0321. The molecule has 0 aromatic rings. The average Bonchev–Trinajstić information content (AvgIpc) is 3.29. The predicted molar refractivity (Wildman–Crippen MR) is 278 cm³/mol. The van der Waals surface area contributed by atoms with Gasteiger partial charge in [0, 0.05) is 6.42 Å². The number of esters is 1. The van der Waals surface area contributed by atoms with Crippen LogP contribution in [0.1, 0.15) is 258 Å². The Kier molecular flexibility index (Phi) is 49.1. The largest absolute Gasteiger partial charge is 0.462 e. The Labute approximate surface area is 396 Å². The molecule has 0 fully saturated rings. The van der Waals surface area contributed by atoms with E-state index in [9.17, 15) is 19.8 Å². The highest BCUT2D eigenvalue weighted by atomic mass is 16.5. The topological polar surface area (TPSA) is 95.9 Å². The number of unbranched alkanes of at least 4 members (excludes halogenated alkanes) is 29. The van der Waals surface area contributed by atoms with Crippen LogP contribution in [0.2, 0.25) is 0 Å². The highest BCUT2D eigenvalue weighted by molar-refractivity contribution is 5.77. The molecule has 3 atom stereocenters. The predicted octanol–water partition coefficient (Wildman–Crippen LogP) is 16.6. The third-order valence-corrected chi connectivity index (χ3v) is 12.2. The summed E-state index contributed by atoms with van der Waals surface area (Å²) in [5, 5.41) is 23.7. The van der Waals surface area contributed by atoms with Gasteiger partial charge in [-0.15, -0.1) is 0 Å². The lowest BCUT2D eigenvalue weighted by atomic mass is 10.0. The first-order valence-electron chi connectivity index (χ1n) is 27.2. The maximum atomic E-state index is 13.2. The zero-order valence-electron chi connectivity index (χ0n) is 42.1. The number of hydrogen-bond acceptors (Lipinski definition) is 5. The third kappa shape index (κ3) is 45.9. The molecular formula is C58H103NO5. The minimum atomic E-state index is -0.809. The van der Waals surface area contributed by atoms with E-state index in [1.165, 1.54) is 154 Å². The van der Waals surface area contributed by atoms with Crippen LogP contribution in [0.25, 0.3) is 0 Å². The molecule has 0 heterocycles. The first kappa shape index (κ1) is 61.3. The van der Waals surface area contributed by atoms with E-state index in [0.29, 0.717) is 19.3 Å². The normalized spacial score (nSPS) is 13.8. The molecule has 0 bridgehead atoms.